The molecule has 1 saturated heterocycles. The van der Waals surface area contributed by atoms with Crippen molar-refractivity contribution in [3.8, 4) is 11.5 Å². The average Bonchev–Trinajstić information content (AvgIpc) is 2.93. The average molecular weight is 412 g/mol. The summed E-state index contributed by atoms with van der Waals surface area (Å²) in [5.41, 5.74) is 1.12. The fraction of sp³-hybridized carbons (Fsp3) is 0.650. The highest BCUT2D eigenvalue weighted by atomic mass is 35.5. The monoisotopic (exact) mass is 411 g/mol. The molecule has 1 aromatic carbocycles. The van der Waals surface area contributed by atoms with Crippen molar-refractivity contribution in [2.75, 3.05) is 66.2 Å². The number of hydrogen-bond acceptors (Lipinski definition) is 6. The second-order valence-electron chi connectivity index (χ2n) is 7.20. The molecule has 1 aromatic rings. The Labute approximate surface area is 171 Å². The molecule has 0 atom stereocenters. The van der Waals surface area contributed by atoms with E-state index in [2.05, 4.69) is 15.1 Å². The van der Waals surface area contributed by atoms with Crippen LogP contribution >= 0.6 is 11.6 Å². The molecular formula is C20H30ClN3O4. The third kappa shape index (κ3) is 6.24. The SMILES string of the molecule is COCCCNC(=O)CN1CCN(Cc2cc(Cl)c3c(c2)OCCCO3)CC1. The van der Waals surface area contributed by atoms with Gasteiger partial charge in [-0.1, -0.05) is 11.6 Å². The maximum Gasteiger partial charge on any atom is 0.234 e. The van der Waals surface area contributed by atoms with Crippen LogP contribution < -0.4 is 14.8 Å². The summed E-state index contributed by atoms with van der Waals surface area (Å²) in [5, 5.41) is 3.55. The Hall–Kier alpha value is -1.54. The Morgan fingerprint density at radius 1 is 1.18 bits per heavy atom. The first-order chi connectivity index (χ1) is 13.7. The van der Waals surface area contributed by atoms with Gasteiger partial charge in [-0.05, 0) is 24.1 Å². The fourth-order valence-electron chi connectivity index (χ4n) is 3.44. The molecule has 1 amide bonds. The topological polar surface area (TPSA) is 63.3 Å². The smallest absolute Gasteiger partial charge is 0.234 e. The predicted molar refractivity (Wildman–Crippen MR) is 108 cm³/mol. The second kappa shape index (κ2) is 10.9. The number of piperazine rings is 1. The highest BCUT2D eigenvalue weighted by Crippen LogP contribution is 2.38. The van der Waals surface area contributed by atoms with Gasteiger partial charge in [0.2, 0.25) is 5.91 Å². The number of carbonyl (C=O) groups is 1. The molecule has 0 saturated carbocycles. The van der Waals surface area contributed by atoms with Gasteiger partial charge in [0, 0.05) is 59.4 Å². The molecule has 8 heteroatoms. The van der Waals surface area contributed by atoms with Crippen LogP contribution in [0.25, 0.3) is 0 Å². The normalized spacial score (nSPS) is 17.9. The quantitative estimate of drug-likeness (QED) is 0.658. The Kier molecular flexibility index (Phi) is 8.21. The van der Waals surface area contributed by atoms with Crippen LogP contribution in [0.3, 0.4) is 0 Å². The molecule has 0 unspecified atom stereocenters. The van der Waals surface area contributed by atoms with E-state index in [1.54, 1.807) is 7.11 Å². The van der Waals surface area contributed by atoms with Crippen LogP contribution in [-0.4, -0.2) is 81.9 Å². The van der Waals surface area contributed by atoms with E-state index in [0.29, 0.717) is 43.7 Å². The molecule has 0 spiro atoms. The summed E-state index contributed by atoms with van der Waals surface area (Å²) in [4.78, 5) is 16.6. The molecule has 1 fully saturated rings. The standard InChI is InChI=1S/C20H30ClN3O4/c1-26-9-2-4-22-19(25)15-24-7-5-23(6-8-24)14-16-12-17(21)20-18(13-16)27-10-3-11-28-20/h12-13H,2-11,14-15H2,1H3,(H,22,25). The van der Waals surface area contributed by atoms with E-state index in [1.807, 2.05) is 12.1 Å². The summed E-state index contributed by atoms with van der Waals surface area (Å²) in [6.45, 7) is 7.48. The summed E-state index contributed by atoms with van der Waals surface area (Å²) < 4.78 is 16.5. The summed E-state index contributed by atoms with van der Waals surface area (Å²) in [7, 11) is 1.67. The van der Waals surface area contributed by atoms with Gasteiger partial charge in [0.15, 0.2) is 11.5 Å². The lowest BCUT2D eigenvalue weighted by molar-refractivity contribution is -0.122. The van der Waals surface area contributed by atoms with Crippen molar-refractivity contribution in [1.29, 1.82) is 0 Å². The van der Waals surface area contributed by atoms with Gasteiger partial charge >= 0.3 is 0 Å². The number of benzene rings is 1. The van der Waals surface area contributed by atoms with Crippen molar-refractivity contribution < 1.29 is 19.0 Å². The predicted octanol–water partition coefficient (Wildman–Crippen LogP) is 1.77. The van der Waals surface area contributed by atoms with Gasteiger partial charge in [-0.15, -0.1) is 0 Å². The number of hydrogen-bond donors (Lipinski definition) is 1. The summed E-state index contributed by atoms with van der Waals surface area (Å²) >= 11 is 6.40. The number of halogens is 1. The van der Waals surface area contributed by atoms with Crippen LogP contribution in [0.5, 0.6) is 11.5 Å². The van der Waals surface area contributed by atoms with Crippen molar-refractivity contribution in [2.24, 2.45) is 0 Å². The van der Waals surface area contributed by atoms with E-state index in [9.17, 15) is 4.79 Å². The minimum absolute atomic E-state index is 0.0826. The van der Waals surface area contributed by atoms with Gasteiger partial charge < -0.3 is 19.5 Å². The molecule has 2 aliphatic rings. The molecule has 7 nitrogen and oxygen atoms in total. The van der Waals surface area contributed by atoms with Crippen LogP contribution in [0.15, 0.2) is 12.1 Å². The van der Waals surface area contributed by atoms with E-state index in [1.165, 1.54) is 0 Å². The van der Waals surface area contributed by atoms with Crippen LogP contribution in [0.2, 0.25) is 5.02 Å². The van der Waals surface area contributed by atoms with Crippen molar-refractivity contribution in [2.45, 2.75) is 19.4 Å². The van der Waals surface area contributed by atoms with Crippen molar-refractivity contribution in [3.63, 3.8) is 0 Å². The minimum Gasteiger partial charge on any atom is -0.489 e. The molecular weight excluding hydrogens is 382 g/mol. The molecule has 0 aromatic heterocycles. The number of fused-ring (bicyclic) bond motifs is 1. The Bertz CT molecular complexity index is 651. The van der Waals surface area contributed by atoms with Gasteiger partial charge in [-0.3, -0.25) is 14.6 Å². The number of ether oxygens (including phenoxy) is 3. The Balaban J connectivity index is 1.44. The first-order valence-corrected chi connectivity index (χ1v) is 10.3. The first-order valence-electron chi connectivity index (χ1n) is 9.94. The Morgan fingerprint density at radius 3 is 2.71 bits per heavy atom. The zero-order valence-electron chi connectivity index (χ0n) is 16.5. The van der Waals surface area contributed by atoms with Gasteiger partial charge in [0.25, 0.3) is 0 Å². The maximum absolute atomic E-state index is 12.0. The molecule has 28 heavy (non-hydrogen) atoms. The minimum atomic E-state index is 0.0826. The van der Waals surface area contributed by atoms with E-state index < -0.39 is 0 Å². The fourth-order valence-corrected chi connectivity index (χ4v) is 3.73. The maximum atomic E-state index is 12.0. The lowest BCUT2D eigenvalue weighted by Gasteiger charge is -2.34. The van der Waals surface area contributed by atoms with Crippen LogP contribution in [0.4, 0.5) is 0 Å². The highest BCUT2D eigenvalue weighted by Gasteiger charge is 2.21. The summed E-state index contributed by atoms with van der Waals surface area (Å²) in [5.74, 6) is 1.48. The van der Waals surface area contributed by atoms with E-state index in [0.717, 1.165) is 56.9 Å². The van der Waals surface area contributed by atoms with E-state index in [4.69, 9.17) is 25.8 Å². The molecule has 0 bridgehead atoms. The largest absolute Gasteiger partial charge is 0.489 e. The third-order valence-electron chi connectivity index (χ3n) is 4.95. The number of nitrogens with one attached hydrogen (secondary N) is 1. The van der Waals surface area contributed by atoms with Crippen LogP contribution in [0, 0.1) is 0 Å². The third-order valence-corrected chi connectivity index (χ3v) is 5.23. The van der Waals surface area contributed by atoms with Crippen molar-refractivity contribution in [1.82, 2.24) is 15.1 Å². The molecule has 2 heterocycles. The van der Waals surface area contributed by atoms with Crippen molar-refractivity contribution >= 4 is 17.5 Å². The van der Waals surface area contributed by atoms with Gasteiger partial charge in [0.1, 0.15) is 0 Å². The molecule has 0 aliphatic carbocycles. The van der Waals surface area contributed by atoms with Crippen LogP contribution in [-0.2, 0) is 16.1 Å². The zero-order chi connectivity index (χ0) is 19.8. The lowest BCUT2D eigenvalue weighted by atomic mass is 10.1. The van der Waals surface area contributed by atoms with Gasteiger partial charge in [-0.25, -0.2) is 0 Å². The zero-order valence-corrected chi connectivity index (χ0v) is 17.3. The number of nitrogens with zero attached hydrogens (tertiary/aromatic N) is 2. The molecule has 3 rings (SSSR count). The number of rotatable bonds is 8. The Morgan fingerprint density at radius 2 is 1.93 bits per heavy atom. The number of amides is 1. The van der Waals surface area contributed by atoms with E-state index >= 15 is 0 Å². The molecule has 1 N–H and O–H groups in total. The molecule has 156 valence electrons. The van der Waals surface area contributed by atoms with Crippen LogP contribution in [0.1, 0.15) is 18.4 Å². The van der Waals surface area contributed by atoms with Gasteiger partial charge in [0.05, 0.1) is 24.8 Å². The van der Waals surface area contributed by atoms with E-state index in [-0.39, 0.29) is 5.91 Å². The van der Waals surface area contributed by atoms with Gasteiger partial charge in [-0.2, -0.15) is 0 Å². The highest BCUT2D eigenvalue weighted by molar-refractivity contribution is 6.32. The molecule has 2 aliphatic heterocycles. The molecule has 0 radical (unpaired) electrons. The number of carbonyl (C=O) groups excluding carboxylic acids is 1. The lowest BCUT2D eigenvalue weighted by Crippen LogP contribution is -2.49. The summed E-state index contributed by atoms with van der Waals surface area (Å²) in [6, 6.07) is 4.00. The second-order valence-corrected chi connectivity index (χ2v) is 7.61. The number of methoxy groups -OCH3 is 1. The van der Waals surface area contributed by atoms with Crippen molar-refractivity contribution in [3.05, 3.63) is 22.7 Å². The first kappa shape index (κ1) is 21.2. The summed E-state index contributed by atoms with van der Waals surface area (Å²) in [6.07, 6.45) is 1.70.